The molecule has 1 saturated heterocycles. The first kappa shape index (κ1) is 19.2. The summed E-state index contributed by atoms with van der Waals surface area (Å²) in [6.07, 6.45) is 3.29. The Morgan fingerprint density at radius 2 is 1.72 bits per heavy atom. The number of urea groups is 1. The number of hydrogen-bond acceptors (Lipinski definition) is 3. The highest BCUT2D eigenvalue weighted by molar-refractivity contribution is 5.91. The van der Waals surface area contributed by atoms with Gasteiger partial charge in [-0.05, 0) is 43.7 Å². The van der Waals surface area contributed by atoms with E-state index >= 15 is 0 Å². The van der Waals surface area contributed by atoms with Crippen LogP contribution in [0, 0.1) is 6.92 Å². The average molecular weight is 347 g/mol. The molecule has 2 amide bonds. The molecule has 1 aliphatic rings. The van der Waals surface area contributed by atoms with E-state index in [0.29, 0.717) is 13.1 Å². The van der Waals surface area contributed by atoms with Crippen LogP contribution in [0.15, 0.2) is 12.1 Å². The summed E-state index contributed by atoms with van der Waals surface area (Å²) in [6, 6.07) is 4.16. The molecular weight excluding hydrogens is 318 g/mol. The lowest BCUT2D eigenvalue weighted by molar-refractivity contribution is -0.138. The van der Waals surface area contributed by atoms with Gasteiger partial charge in [0.05, 0.1) is 6.54 Å². The van der Waals surface area contributed by atoms with Gasteiger partial charge in [-0.2, -0.15) is 0 Å². The highest BCUT2D eigenvalue weighted by Gasteiger charge is 2.22. The summed E-state index contributed by atoms with van der Waals surface area (Å²) >= 11 is 0. The predicted molar refractivity (Wildman–Crippen MR) is 99.2 cm³/mol. The van der Waals surface area contributed by atoms with Crippen molar-refractivity contribution in [3.05, 3.63) is 28.8 Å². The highest BCUT2D eigenvalue weighted by atomic mass is 16.4. The second-order valence-corrected chi connectivity index (χ2v) is 6.71. The topological polar surface area (TPSA) is 81.7 Å². The molecule has 0 aliphatic carbocycles. The molecule has 0 unspecified atom stereocenters. The first-order chi connectivity index (χ1) is 11.9. The number of carboxylic acids is 1. The molecule has 0 atom stereocenters. The number of rotatable bonds is 6. The van der Waals surface area contributed by atoms with Crippen LogP contribution in [0.3, 0.4) is 0 Å². The molecule has 0 radical (unpaired) electrons. The molecule has 0 bridgehead atoms. The molecule has 25 heavy (non-hydrogen) atoms. The van der Waals surface area contributed by atoms with Crippen molar-refractivity contribution < 1.29 is 14.7 Å². The second kappa shape index (κ2) is 8.85. The summed E-state index contributed by atoms with van der Waals surface area (Å²) in [7, 11) is 0. The van der Waals surface area contributed by atoms with E-state index in [-0.39, 0.29) is 18.6 Å². The molecule has 6 nitrogen and oxygen atoms in total. The Morgan fingerprint density at radius 1 is 1.16 bits per heavy atom. The fourth-order valence-corrected chi connectivity index (χ4v) is 3.42. The van der Waals surface area contributed by atoms with Crippen LogP contribution in [0.1, 0.15) is 43.4 Å². The number of aryl methyl sites for hydroxylation is 3. The van der Waals surface area contributed by atoms with Gasteiger partial charge in [-0.1, -0.05) is 31.5 Å². The van der Waals surface area contributed by atoms with Crippen LogP contribution in [0.2, 0.25) is 0 Å². The molecule has 1 heterocycles. The largest absolute Gasteiger partial charge is 0.480 e. The van der Waals surface area contributed by atoms with Crippen LogP contribution in [0.25, 0.3) is 0 Å². The van der Waals surface area contributed by atoms with Crippen molar-refractivity contribution in [2.24, 2.45) is 0 Å². The summed E-state index contributed by atoms with van der Waals surface area (Å²) in [5.41, 5.74) is 4.45. The van der Waals surface area contributed by atoms with E-state index in [9.17, 15) is 9.59 Å². The minimum Gasteiger partial charge on any atom is -0.480 e. The van der Waals surface area contributed by atoms with Crippen LogP contribution in [0.4, 0.5) is 10.5 Å². The van der Waals surface area contributed by atoms with E-state index in [0.717, 1.165) is 42.5 Å². The molecule has 1 aromatic rings. The molecular formula is C19H29N3O3. The third-order valence-electron chi connectivity index (χ3n) is 4.73. The first-order valence-corrected chi connectivity index (χ1v) is 9.07. The van der Waals surface area contributed by atoms with Gasteiger partial charge >= 0.3 is 12.0 Å². The maximum absolute atomic E-state index is 12.4. The van der Waals surface area contributed by atoms with Crippen molar-refractivity contribution in [1.82, 2.24) is 10.2 Å². The maximum atomic E-state index is 12.4. The molecule has 2 rings (SSSR count). The molecule has 6 heteroatoms. The van der Waals surface area contributed by atoms with Crippen molar-refractivity contribution >= 4 is 17.7 Å². The Bertz CT molecular complexity index is 597. The Morgan fingerprint density at radius 3 is 2.20 bits per heavy atom. The number of nitrogens with one attached hydrogen (secondary N) is 2. The number of benzene rings is 1. The number of piperidine rings is 1. The lowest BCUT2D eigenvalue weighted by Gasteiger charge is -2.31. The van der Waals surface area contributed by atoms with Gasteiger partial charge in [0.2, 0.25) is 0 Å². The van der Waals surface area contributed by atoms with E-state index in [1.165, 1.54) is 5.56 Å². The van der Waals surface area contributed by atoms with Crippen LogP contribution >= 0.6 is 0 Å². The zero-order chi connectivity index (χ0) is 18.4. The van der Waals surface area contributed by atoms with Gasteiger partial charge in [-0.25, -0.2) is 4.79 Å². The number of likely N-dealkylation sites (tertiary alicyclic amines) is 1. The summed E-state index contributed by atoms with van der Waals surface area (Å²) in [5.74, 6) is -0.803. The summed E-state index contributed by atoms with van der Waals surface area (Å²) in [6.45, 7) is 7.73. The second-order valence-electron chi connectivity index (χ2n) is 6.71. The number of carboxylic acid groups (broad SMARTS) is 1. The van der Waals surface area contributed by atoms with Crippen LogP contribution < -0.4 is 10.6 Å². The van der Waals surface area contributed by atoms with Crippen LogP contribution in [-0.4, -0.2) is 47.7 Å². The summed E-state index contributed by atoms with van der Waals surface area (Å²) < 4.78 is 0. The minimum atomic E-state index is -0.803. The number of carbonyl (C=O) groups is 2. The number of nitrogens with zero attached hydrogens (tertiary/aromatic N) is 1. The molecule has 1 aromatic carbocycles. The monoisotopic (exact) mass is 347 g/mol. The zero-order valence-electron chi connectivity index (χ0n) is 15.4. The molecule has 0 spiro atoms. The summed E-state index contributed by atoms with van der Waals surface area (Å²) in [5, 5.41) is 14.9. The normalized spacial score (nSPS) is 15.8. The van der Waals surface area contributed by atoms with E-state index < -0.39 is 5.97 Å². The lowest BCUT2D eigenvalue weighted by atomic mass is 9.99. The van der Waals surface area contributed by atoms with Crippen molar-refractivity contribution in [1.29, 1.82) is 0 Å². The molecule has 3 N–H and O–H groups in total. The van der Waals surface area contributed by atoms with Crippen LogP contribution in [0.5, 0.6) is 0 Å². The van der Waals surface area contributed by atoms with Gasteiger partial charge in [-0.15, -0.1) is 0 Å². The van der Waals surface area contributed by atoms with E-state index in [1.54, 1.807) is 0 Å². The molecule has 0 saturated carbocycles. The van der Waals surface area contributed by atoms with Gasteiger partial charge < -0.3 is 15.7 Å². The van der Waals surface area contributed by atoms with Gasteiger partial charge in [0.25, 0.3) is 0 Å². The Labute approximate surface area is 149 Å². The van der Waals surface area contributed by atoms with Gasteiger partial charge in [0, 0.05) is 24.8 Å². The Hall–Kier alpha value is -2.08. The fraction of sp³-hybridized carbons (Fsp3) is 0.579. The highest BCUT2D eigenvalue weighted by Crippen LogP contribution is 2.25. The van der Waals surface area contributed by atoms with E-state index in [2.05, 4.69) is 43.5 Å². The third-order valence-corrected chi connectivity index (χ3v) is 4.73. The lowest BCUT2D eigenvalue weighted by Crippen LogP contribution is -2.47. The minimum absolute atomic E-state index is 0.0714. The molecule has 1 fully saturated rings. The molecule has 138 valence electrons. The predicted octanol–water partition coefficient (Wildman–Crippen LogP) is 2.79. The number of hydrogen-bond donors (Lipinski definition) is 3. The molecule has 0 aromatic heterocycles. The smallest absolute Gasteiger partial charge is 0.319 e. The van der Waals surface area contributed by atoms with Gasteiger partial charge in [-0.3, -0.25) is 9.69 Å². The maximum Gasteiger partial charge on any atom is 0.319 e. The Kier molecular flexibility index (Phi) is 6.82. The average Bonchev–Trinajstić information content (AvgIpc) is 2.57. The Balaban J connectivity index is 1.94. The quantitative estimate of drug-likeness (QED) is 0.739. The number of carbonyl (C=O) groups excluding carboxylic acids is 1. The van der Waals surface area contributed by atoms with Crippen molar-refractivity contribution in [3.63, 3.8) is 0 Å². The van der Waals surface area contributed by atoms with Crippen molar-refractivity contribution in [2.75, 3.05) is 25.0 Å². The summed E-state index contributed by atoms with van der Waals surface area (Å²) in [4.78, 5) is 25.1. The third kappa shape index (κ3) is 5.46. The SMILES string of the molecule is CCc1cc(C)cc(CC)c1NC(=O)NC1CCN(CC(=O)O)CC1. The molecule has 1 aliphatic heterocycles. The van der Waals surface area contributed by atoms with Gasteiger partial charge in [0.15, 0.2) is 0 Å². The van der Waals surface area contributed by atoms with Crippen molar-refractivity contribution in [3.8, 4) is 0 Å². The van der Waals surface area contributed by atoms with Crippen LogP contribution in [-0.2, 0) is 17.6 Å². The first-order valence-electron chi connectivity index (χ1n) is 9.07. The number of amides is 2. The zero-order valence-corrected chi connectivity index (χ0v) is 15.4. The van der Waals surface area contributed by atoms with Gasteiger partial charge in [0.1, 0.15) is 0 Å². The van der Waals surface area contributed by atoms with E-state index in [1.807, 2.05) is 4.90 Å². The fourth-order valence-electron chi connectivity index (χ4n) is 3.42. The standard InChI is InChI=1S/C19H29N3O3/c1-4-14-10-13(3)11-15(5-2)18(14)21-19(25)20-16-6-8-22(9-7-16)12-17(23)24/h10-11,16H,4-9,12H2,1-3H3,(H,23,24)(H2,20,21,25). The number of anilines is 1. The van der Waals surface area contributed by atoms with Crippen molar-refractivity contribution in [2.45, 2.75) is 52.5 Å². The van der Waals surface area contributed by atoms with E-state index in [4.69, 9.17) is 5.11 Å². The number of aliphatic carboxylic acids is 1.